The summed E-state index contributed by atoms with van der Waals surface area (Å²) in [6.07, 6.45) is 6.85. The lowest BCUT2D eigenvalue weighted by molar-refractivity contribution is -0.143. The Morgan fingerprint density at radius 3 is 2.52 bits per heavy atom. The highest BCUT2D eigenvalue weighted by molar-refractivity contribution is 6.07. The molecule has 1 N–H and O–H groups in total. The summed E-state index contributed by atoms with van der Waals surface area (Å²) >= 11 is 0. The molecule has 2 heterocycles. The van der Waals surface area contributed by atoms with Gasteiger partial charge >= 0.3 is 0 Å². The SMILES string of the molecule is CC(NC(=O)CN1C(=O)C2CCCCC2C1=O)c1cccnc1. The maximum Gasteiger partial charge on any atom is 0.240 e. The molecule has 1 aromatic heterocycles. The average Bonchev–Trinajstić information content (AvgIpc) is 2.81. The number of pyridine rings is 1. The summed E-state index contributed by atoms with van der Waals surface area (Å²) in [6.45, 7) is 1.66. The number of rotatable bonds is 4. The van der Waals surface area contributed by atoms with Gasteiger partial charge in [0.05, 0.1) is 17.9 Å². The third kappa shape index (κ3) is 3.11. The van der Waals surface area contributed by atoms with Crippen molar-refractivity contribution in [2.75, 3.05) is 6.54 Å². The first-order valence-electron chi connectivity index (χ1n) is 8.12. The zero-order chi connectivity index (χ0) is 16.4. The molecule has 0 spiro atoms. The third-order valence-corrected chi connectivity index (χ3v) is 4.80. The summed E-state index contributed by atoms with van der Waals surface area (Å²) < 4.78 is 0. The lowest BCUT2D eigenvalue weighted by Crippen LogP contribution is -2.41. The van der Waals surface area contributed by atoms with Crippen LogP contribution in [0.25, 0.3) is 0 Å². The highest BCUT2D eigenvalue weighted by atomic mass is 16.2. The zero-order valence-corrected chi connectivity index (χ0v) is 13.2. The lowest BCUT2D eigenvalue weighted by Gasteiger charge is -2.19. The fourth-order valence-corrected chi connectivity index (χ4v) is 3.53. The standard InChI is InChI=1S/C17H21N3O3/c1-11(12-5-4-8-18-9-12)19-15(21)10-20-16(22)13-6-2-3-7-14(13)17(20)23/h4-5,8-9,11,13-14H,2-3,6-7,10H2,1H3,(H,19,21). The molecule has 3 unspecified atom stereocenters. The van der Waals surface area contributed by atoms with Crippen LogP contribution in [-0.4, -0.2) is 34.2 Å². The largest absolute Gasteiger partial charge is 0.348 e. The number of nitrogens with zero attached hydrogens (tertiary/aromatic N) is 2. The van der Waals surface area contributed by atoms with Crippen LogP contribution < -0.4 is 5.32 Å². The van der Waals surface area contributed by atoms with Gasteiger partial charge in [-0.05, 0) is 31.4 Å². The van der Waals surface area contributed by atoms with Crippen LogP contribution in [0.15, 0.2) is 24.5 Å². The monoisotopic (exact) mass is 315 g/mol. The average molecular weight is 315 g/mol. The molecule has 0 aromatic carbocycles. The second kappa shape index (κ2) is 6.48. The molecule has 1 saturated carbocycles. The molecule has 1 aliphatic carbocycles. The highest BCUT2D eigenvalue weighted by Crippen LogP contribution is 2.37. The number of imide groups is 1. The molecule has 1 aliphatic heterocycles. The minimum absolute atomic E-state index is 0.177. The summed E-state index contributed by atoms with van der Waals surface area (Å²) in [5.74, 6) is -1.09. The minimum Gasteiger partial charge on any atom is -0.348 e. The predicted molar refractivity (Wildman–Crippen MR) is 83.0 cm³/mol. The van der Waals surface area contributed by atoms with Gasteiger partial charge in [-0.15, -0.1) is 0 Å². The summed E-state index contributed by atoms with van der Waals surface area (Å²) in [5, 5.41) is 2.82. The van der Waals surface area contributed by atoms with Gasteiger partial charge in [-0.1, -0.05) is 18.9 Å². The van der Waals surface area contributed by atoms with Crippen molar-refractivity contribution in [2.24, 2.45) is 11.8 Å². The molecule has 0 radical (unpaired) electrons. The number of likely N-dealkylation sites (tertiary alicyclic amines) is 1. The molecule has 2 aliphatic rings. The molecule has 6 heteroatoms. The fourth-order valence-electron chi connectivity index (χ4n) is 3.53. The van der Waals surface area contributed by atoms with E-state index >= 15 is 0 Å². The van der Waals surface area contributed by atoms with Crippen molar-refractivity contribution in [3.63, 3.8) is 0 Å². The molecule has 0 bridgehead atoms. The van der Waals surface area contributed by atoms with E-state index in [2.05, 4.69) is 10.3 Å². The fraction of sp³-hybridized carbons (Fsp3) is 0.529. The van der Waals surface area contributed by atoms with Crippen LogP contribution in [0.4, 0.5) is 0 Å². The Hall–Kier alpha value is -2.24. The van der Waals surface area contributed by atoms with Gasteiger partial charge in [0.25, 0.3) is 0 Å². The number of nitrogens with one attached hydrogen (secondary N) is 1. The Labute approximate surface area is 135 Å². The first-order valence-corrected chi connectivity index (χ1v) is 8.12. The number of carbonyl (C=O) groups excluding carboxylic acids is 3. The Kier molecular flexibility index (Phi) is 4.41. The molecule has 23 heavy (non-hydrogen) atoms. The van der Waals surface area contributed by atoms with E-state index < -0.39 is 0 Å². The van der Waals surface area contributed by atoms with Gasteiger partial charge in [0.15, 0.2) is 0 Å². The Bertz CT molecular complexity index is 593. The van der Waals surface area contributed by atoms with E-state index in [0.717, 1.165) is 36.1 Å². The number of aromatic nitrogens is 1. The van der Waals surface area contributed by atoms with Gasteiger partial charge in [-0.2, -0.15) is 0 Å². The summed E-state index contributed by atoms with van der Waals surface area (Å²) in [5.41, 5.74) is 0.883. The van der Waals surface area contributed by atoms with Crippen molar-refractivity contribution in [2.45, 2.75) is 38.6 Å². The second-order valence-corrected chi connectivity index (χ2v) is 6.34. The minimum atomic E-state index is -0.318. The van der Waals surface area contributed by atoms with Crippen molar-refractivity contribution in [1.29, 1.82) is 0 Å². The number of fused-ring (bicyclic) bond motifs is 1. The van der Waals surface area contributed by atoms with Crippen LogP contribution >= 0.6 is 0 Å². The van der Waals surface area contributed by atoms with Crippen molar-refractivity contribution in [3.8, 4) is 0 Å². The number of hydrogen-bond acceptors (Lipinski definition) is 4. The van der Waals surface area contributed by atoms with Crippen LogP contribution in [-0.2, 0) is 14.4 Å². The Morgan fingerprint density at radius 2 is 1.96 bits per heavy atom. The molecule has 2 fully saturated rings. The van der Waals surface area contributed by atoms with Crippen LogP contribution in [0.1, 0.15) is 44.2 Å². The van der Waals surface area contributed by atoms with Gasteiger partial charge < -0.3 is 5.32 Å². The Balaban J connectivity index is 1.61. The van der Waals surface area contributed by atoms with Gasteiger partial charge in [0.1, 0.15) is 6.54 Å². The van der Waals surface area contributed by atoms with Crippen LogP contribution in [0, 0.1) is 11.8 Å². The van der Waals surface area contributed by atoms with Crippen LogP contribution in [0.5, 0.6) is 0 Å². The lowest BCUT2D eigenvalue weighted by atomic mass is 9.81. The number of hydrogen-bond donors (Lipinski definition) is 1. The normalized spacial score (nSPS) is 25.2. The maximum atomic E-state index is 12.4. The van der Waals surface area contributed by atoms with Crippen molar-refractivity contribution in [3.05, 3.63) is 30.1 Å². The van der Waals surface area contributed by atoms with E-state index in [-0.39, 0.29) is 42.1 Å². The summed E-state index contributed by atoms with van der Waals surface area (Å²) in [7, 11) is 0. The molecule has 3 atom stereocenters. The van der Waals surface area contributed by atoms with Crippen LogP contribution in [0.3, 0.4) is 0 Å². The Morgan fingerprint density at radius 1 is 1.30 bits per heavy atom. The van der Waals surface area contributed by atoms with Crippen molar-refractivity contribution < 1.29 is 14.4 Å². The molecule has 1 aromatic rings. The highest BCUT2D eigenvalue weighted by Gasteiger charge is 2.48. The first kappa shape index (κ1) is 15.6. The van der Waals surface area contributed by atoms with Gasteiger partial charge in [0, 0.05) is 12.4 Å². The first-order chi connectivity index (χ1) is 11.1. The zero-order valence-electron chi connectivity index (χ0n) is 13.2. The molecule has 6 nitrogen and oxygen atoms in total. The van der Waals surface area contributed by atoms with Gasteiger partial charge in [-0.25, -0.2) is 0 Å². The van der Waals surface area contributed by atoms with E-state index in [1.807, 2.05) is 13.0 Å². The maximum absolute atomic E-state index is 12.4. The van der Waals surface area contributed by atoms with E-state index in [1.54, 1.807) is 18.5 Å². The molecule has 3 rings (SSSR count). The molecular formula is C17H21N3O3. The summed E-state index contributed by atoms with van der Waals surface area (Å²) in [6, 6.07) is 3.46. The van der Waals surface area contributed by atoms with E-state index in [0.29, 0.717) is 0 Å². The third-order valence-electron chi connectivity index (χ3n) is 4.80. The smallest absolute Gasteiger partial charge is 0.240 e. The van der Waals surface area contributed by atoms with E-state index in [1.165, 1.54) is 0 Å². The number of amides is 3. The van der Waals surface area contributed by atoms with E-state index in [4.69, 9.17) is 0 Å². The summed E-state index contributed by atoms with van der Waals surface area (Å²) in [4.78, 5) is 42.1. The molecule has 122 valence electrons. The topological polar surface area (TPSA) is 79.4 Å². The number of carbonyl (C=O) groups is 3. The second-order valence-electron chi connectivity index (χ2n) is 6.34. The van der Waals surface area contributed by atoms with Crippen molar-refractivity contribution in [1.82, 2.24) is 15.2 Å². The van der Waals surface area contributed by atoms with Gasteiger partial charge in [-0.3, -0.25) is 24.3 Å². The molecule has 1 saturated heterocycles. The molecular weight excluding hydrogens is 294 g/mol. The van der Waals surface area contributed by atoms with Crippen molar-refractivity contribution >= 4 is 17.7 Å². The van der Waals surface area contributed by atoms with Crippen LogP contribution in [0.2, 0.25) is 0 Å². The van der Waals surface area contributed by atoms with Gasteiger partial charge in [0.2, 0.25) is 17.7 Å². The predicted octanol–water partition coefficient (Wildman–Crippen LogP) is 1.43. The quantitative estimate of drug-likeness (QED) is 0.853. The van der Waals surface area contributed by atoms with E-state index in [9.17, 15) is 14.4 Å². The molecule has 3 amide bonds.